The fourth-order valence-corrected chi connectivity index (χ4v) is 1.06. The van der Waals surface area contributed by atoms with Gasteiger partial charge in [0.15, 0.2) is 0 Å². The molecule has 0 aromatic carbocycles. The van der Waals surface area contributed by atoms with Crippen molar-refractivity contribution in [2.75, 3.05) is 14.1 Å². The van der Waals surface area contributed by atoms with Gasteiger partial charge in [-0.2, -0.15) is 0 Å². The van der Waals surface area contributed by atoms with Crippen LogP contribution in [0, 0.1) is 0 Å². The van der Waals surface area contributed by atoms with Crippen LogP contribution in [0.1, 0.15) is 10.4 Å². The van der Waals surface area contributed by atoms with Crippen LogP contribution in [-0.2, 0) is 11.3 Å². The summed E-state index contributed by atoms with van der Waals surface area (Å²) in [6.07, 6.45) is 1.30. The minimum atomic E-state index is -1.16. The lowest BCUT2D eigenvalue weighted by Crippen LogP contribution is -2.31. The van der Waals surface area contributed by atoms with Gasteiger partial charge in [-0.3, -0.25) is 9.59 Å². The summed E-state index contributed by atoms with van der Waals surface area (Å²) in [5, 5.41) is 8.65. The molecule has 1 amide bonds. The van der Waals surface area contributed by atoms with Gasteiger partial charge in [0, 0.05) is 26.4 Å². The molecule has 1 N–H and O–H groups in total. The Morgan fingerprint density at radius 1 is 1.44 bits per heavy atom. The Balaban J connectivity index is 2.96. The number of pyridine rings is 1. The van der Waals surface area contributed by atoms with E-state index in [4.69, 9.17) is 5.11 Å². The number of carboxylic acid groups (broad SMARTS) is 1. The van der Waals surface area contributed by atoms with Crippen LogP contribution in [-0.4, -0.2) is 40.5 Å². The standard InChI is InChI=1S/C10H12N2O4/c1-11(2)9(14)6-12-4-3-7(10(15)16)5-8(12)13/h3-5H,6H2,1-2H3,(H,15,16). The third kappa shape index (κ3) is 2.69. The van der Waals surface area contributed by atoms with Crippen LogP contribution in [0.5, 0.6) is 0 Å². The molecule has 0 fully saturated rings. The van der Waals surface area contributed by atoms with Gasteiger partial charge >= 0.3 is 5.97 Å². The summed E-state index contributed by atoms with van der Waals surface area (Å²) < 4.78 is 1.16. The Hall–Kier alpha value is -2.11. The van der Waals surface area contributed by atoms with Gasteiger partial charge in [-0.15, -0.1) is 0 Å². The average Bonchev–Trinajstić information content (AvgIpc) is 2.20. The van der Waals surface area contributed by atoms with E-state index in [0.717, 1.165) is 10.6 Å². The highest BCUT2D eigenvalue weighted by atomic mass is 16.4. The van der Waals surface area contributed by atoms with E-state index in [0.29, 0.717) is 0 Å². The minimum absolute atomic E-state index is 0.0847. The average molecular weight is 224 g/mol. The summed E-state index contributed by atoms with van der Waals surface area (Å²) >= 11 is 0. The van der Waals surface area contributed by atoms with Gasteiger partial charge in [-0.25, -0.2) is 4.79 Å². The number of carbonyl (C=O) groups excluding carboxylic acids is 1. The summed E-state index contributed by atoms with van der Waals surface area (Å²) in [7, 11) is 3.16. The van der Waals surface area contributed by atoms with Gasteiger partial charge in [-0.05, 0) is 6.07 Å². The van der Waals surface area contributed by atoms with Gasteiger partial charge in [0.05, 0.1) is 5.56 Å². The number of aromatic carboxylic acids is 1. The smallest absolute Gasteiger partial charge is 0.335 e. The van der Waals surface area contributed by atoms with E-state index in [2.05, 4.69) is 0 Å². The van der Waals surface area contributed by atoms with Crippen molar-refractivity contribution in [3.63, 3.8) is 0 Å². The topological polar surface area (TPSA) is 79.6 Å². The first-order chi connectivity index (χ1) is 7.41. The van der Waals surface area contributed by atoms with Crippen molar-refractivity contribution >= 4 is 11.9 Å². The summed E-state index contributed by atoms with van der Waals surface area (Å²) in [6, 6.07) is 2.28. The van der Waals surface area contributed by atoms with E-state index >= 15 is 0 Å². The SMILES string of the molecule is CN(C)C(=O)Cn1ccc(C(=O)O)cc1=O. The van der Waals surface area contributed by atoms with E-state index < -0.39 is 11.5 Å². The van der Waals surface area contributed by atoms with E-state index in [-0.39, 0.29) is 18.0 Å². The molecule has 0 radical (unpaired) electrons. The Morgan fingerprint density at radius 2 is 2.06 bits per heavy atom. The monoisotopic (exact) mass is 224 g/mol. The summed E-state index contributed by atoms with van der Waals surface area (Å²) in [5.74, 6) is -1.40. The van der Waals surface area contributed by atoms with Crippen LogP contribution in [0.25, 0.3) is 0 Å². The molecule has 6 nitrogen and oxygen atoms in total. The second-order valence-electron chi connectivity index (χ2n) is 3.47. The molecular formula is C10H12N2O4. The van der Waals surface area contributed by atoms with Crippen molar-refractivity contribution in [1.82, 2.24) is 9.47 Å². The fraction of sp³-hybridized carbons (Fsp3) is 0.300. The zero-order chi connectivity index (χ0) is 12.3. The zero-order valence-corrected chi connectivity index (χ0v) is 9.01. The molecule has 0 saturated heterocycles. The van der Waals surface area contributed by atoms with E-state index in [1.807, 2.05) is 0 Å². The van der Waals surface area contributed by atoms with Crippen LogP contribution in [0.15, 0.2) is 23.1 Å². The number of amides is 1. The molecule has 0 aliphatic carbocycles. The third-order valence-electron chi connectivity index (χ3n) is 2.05. The van der Waals surface area contributed by atoms with Crippen molar-refractivity contribution in [2.45, 2.75) is 6.54 Å². The molecule has 0 saturated carbocycles. The molecule has 0 atom stereocenters. The van der Waals surface area contributed by atoms with E-state index in [1.54, 1.807) is 14.1 Å². The molecule has 1 aromatic heterocycles. The number of carbonyl (C=O) groups is 2. The maximum absolute atomic E-state index is 11.4. The molecule has 0 bridgehead atoms. The number of rotatable bonds is 3. The van der Waals surface area contributed by atoms with Gasteiger partial charge in [0.2, 0.25) is 5.91 Å². The molecule has 6 heteroatoms. The number of likely N-dealkylation sites (N-methyl/N-ethyl adjacent to an activating group) is 1. The highest BCUT2D eigenvalue weighted by molar-refractivity contribution is 5.87. The van der Waals surface area contributed by atoms with Gasteiger partial charge in [0.25, 0.3) is 5.56 Å². The number of hydrogen-bond donors (Lipinski definition) is 1. The fourth-order valence-electron chi connectivity index (χ4n) is 1.06. The summed E-state index contributed by atoms with van der Waals surface area (Å²) in [6.45, 7) is -0.0915. The Labute approximate surface area is 91.7 Å². The second kappa shape index (κ2) is 4.61. The Bertz CT molecular complexity index is 476. The first kappa shape index (κ1) is 12.0. The second-order valence-corrected chi connectivity index (χ2v) is 3.47. The molecule has 16 heavy (non-hydrogen) atoms. The highest BCUT2D eigenvalue weighted by Gasteiger charge is 2.08. The molecule has 1 rings (SSSR count). The maximum Gasteiger partial charge on any atom is 0.335 e. The molecule has 0 spiro atoms. The normalized spacial score (nSPS) is 9.88. The maximum atomic E-state index is 11.4. The van der Waals surface area contributed by atoms with E-state index in [1.165, 1.54) is 17.2 Å². The van der Waals surface area contributed by atoms with E-state index in [9.17, 15) is 14.4 Å². The molecule has 86 valence electrons. The Kier molecular flexibility index (Phi) is 3.44. The van der Waals surface area contributed by atoms with Gasteiger partial charge in [-0.1, -0.05) is 0 Å². The first-order valence-corrected chi connectivity index (χ1v) is 4.55. The lowest BCUT2D eigenvalue weighted by atomic mass is 10.3. The Morgan fingerprint density at radius 3 is 2.50 bits per heavy atom. The van der Waals surface area contributed by atoms with Crippen LogP contribution < -0.4 is 5.56 Å². The number of aromatic nitrogens is 1. The summed E-state index contributed by atoms with van der Waals surface area (Å²) in [4.78, 5) is 34.7. The van der Waals surface area contributed by atoms with Crippen LogP contribution in [0.4, 0.5) is 0 Å². The minimum Gasteiger partial charge on any atom is -0.478 e. The lowest BCUT2D eigenvalue weighted by Gasteiger charge is -2.11. The molecule has 0 unspecified atom stereocenters. The number of hydrogen-bond acceptors (Lipinski definition) is 3. The predicted octanol–water partition coefficient (Wildman–Crippen LogP) is -0.365. The number of carboxylic acids is 1. The quantitative estimate of drug-likeness (QED) is 0.760. The molecule has 1 aromatic rings. The van der Waals surface area contributed by atoms with Gasteiger partial charge < -0.3 is 14.6 Å². The van der Waals surface area contributed by atoms with Crippen molar-refractivity contribution in [3.8, 4) is 0 Å². The molecule has 0 aliphatic heterocycles. The van der Waals surface area contributed by atoms with Crippen LogP contribution in [0.3, 0.4) is 0 Å². The van der Waals surface area contributed by atoms with Crippen molar-refractivity contribution in [1.29, 1.82) is 0 Å². The lowest BCUT2D eigenvalue weighted by molar-refractivity contribution is -0.129. The van der Waals surface area contributed by atoms with Crippen LogP contribution in [0.2, 0.25) is 0 Å². The van der Waals surface area contributed by atoms with Gasteiger partial charge in [0.1, 0.15) is 6.54 Å². The largest absolute Gasteiger partial charge is 0.478 e. The van der Waals surface area contributed by atoms with Crippen molar-refractivity contribution < 1.29 is 14.7 Å². The third-order valence-corrected chi connectivity index (χ3v) is 2.05. The number of nitrogens with zero attached hydrogens (tertiary/aromatic N) is 2. The first-order valence-electron chi connectivity index (χ1n) is 4.55. The zero-order valence-electron chi connectivity index (χ0n) is 9.01. The molecule has 1 heterocycles. The molecular weight excluding hydrogens is 212 g/mol. The van der Waals surface area contributed by atoms with Crippen molar-refractivity contribution in [2.24, 2.45) is 0 Å². The van der Waals surface area contributed by atoms with Crippen LogP contribution >= 0.6 is 0 Å². The van der Waals surface area contributed by atoms with Crippen molar-refractivity contribution in [3.05, 3.63) is 34.2 Å². The summed E-state index contributed by atoms with van der Waals surface area (Å²) in [5.41, 5.74) is -0.589. The highest BCUT2D eigenvalue weighted by Crippen LogP contribution is 1.95. The predicted molar refractivity (Wildman–Crippen MR) is 56.4 cm³/mol. The molecule has 0 aliphatic rings.